The van der Waals surface area contributed by atoms with Crippen molar-refractivity contribution in [2.75, 3.05) is 38.2 Å². The van der Waals surface area contributed by atoms with E-state index in [0.29, 0.717) is 22.6 Å². The summed E-state index contributed by atoms with van der Waals surface area (Å²) in [6.45, 7) is 6.74. The Hall–Kier alpha value is -0.480. The second kappa shape index (κ2) is 10.6. The number of nitrogens with zero attached hydrogens (tertiary/aromatic N) is 2. The normalized spacial score (nSPS) is 18.8. The van der Waals surface area contributed by atoms with Crippen molar-refractivity contribution in [2.24, 2.45) is 10.9 Å². The smallest absolute Gasteiger partial charge is 0.193 e. The van der Waals surface area contributed by atoms with Gasteiger partial charge in [-0.15, -0.1) is 24.0 Å². The molecule has 1 fully saturated rings. The van der Waals surface area contributed by atoms with E-state index in [9.17, 15) is 8.42 Å². The molecule has 2 rings (SSSR count). The lowest BCUT2D eigenvalue weighted by atomic mass is 10.1. The number of hydrogen-bond donors (Lipinski definition) is 1. The molecule has 1 saturated heterocycles. The summed E-state index contributed by atoms with van der Waals surface area (Å²) in [5, 5.41) is 3.80. The summed E-state index contributed by atoms with van der Waals surface area (Å²) in [6, 6.07) is 8.59. The maximum absolute atomic E-state index is 12.3. The summed E-state index contributed by atoms with van der Waals surface area (Å²) in [6.07, 6.45) is 0. The van der Waals surface area contributed by atoms with Crippen LogP contribution in [0, 0.1) is 5.92 Å². The lowest BCUT2D eigenvalue weighted by Crippen LogP contribution is -2.49. The molecule has 1 unspecified atom stereocenters. The van der Waals surface area contributed by atoms with Crippen molar-refractivity contribution in [3.05, 3.63) is 30.3 Å². The molecule has 1 heterocycles. The van der Waals surface area contributed by atoms with Crippen LogP contribution in [0.3, 0.4) is 0 Å². The topological polar surface area (TPSA) is 61.8 Å². The van der Waals surface area contributed by atoms with E-state index < -0.39 is 9.84 Å². The lowest BCUT2D eigenvalue weighted by molar-refractivity contribution is 0.382. The van der Waals surface area contributed by atoms with E-state index in [1.807, 2.05) is 17.8 Å². The summed E-state index contributed by atoms with van der Waals surface area (Å²) < 4.78 is 24.6. The third kappa shape index (κ3) is 6.63. The van der Waals surface area contributed by atoms with E-state index in [-0.39, 0.29) is 29.7 Å². The molecule has 1 atom stereocenters. The molecule has 1 aromatic carbocycles. The van der Waals surface area contributed by atoms with Crippen molar-refractivity contribution >= 4 is 51.5 Å². The molecule has 1 N–H and O–H groups in total. The van der Waals surface area contributed by atoms with Gasteiger partial charge in [0.05, 0.1) is 10.6 Å². The van der Waals surface area contributed by atoms with Crippen LogP contribution in [-0.2, 0) is 9.84 Å². The highest BCUT2D eigenvalue weighted by molar-refractivity contribution is 14.0. The van der Waals surface area contributed by atoms with Crippen LogP contribution in [0.4, 0.5) is 0 Å². The van der Waals surface area contributed by atoms with Gasteiger partial charge < -0.3 is 10.2 Å². The molecule has 0 aliphatic carbocycles. The Morgan fingerprint density at radius 3 is 2.64 bits per heavy atom. The minimum absolute atomic E-state index is 0. The second-order valence-electron chi connectivity index (χ2n) is 6.21. The minimum atomic E-state index is -3.26. The van der Waals surface area contributed by atoms with Gasteiger partial charge >= 0.3 is 0 Å². The third-order valence-electron chi connectivity index (χ3n) is 4.10. The van der Waals surface area contributed by atoms with Crippen LogP contribution in [0.25, 0.3) is 0 Å². The largest absolute Gasteiger partial charge is 0.355 e. The average Bonchev–Trinajstić information content (AvgIpc) is 2.59. The van der Waals surface area contributed by atoms with Gasteiger partial charge in [-0.05, 0) is 18.1 Å². The molecule has 5 nitrogen and oxygen atoms in total. The first-order valence-electron chi connectivity index (χ1n) is 8.29. The fourth-order valence-electron chi connectivity index (χ4n) is 2.65. The van der Waals surface area contributed by atoms with Crippen molar-refractivity contribution < 1.29 is 8.42 Å². The molecule has 1 aromatic rings. The summed E-state index contributed by atoms with van der Waals surface area (Å²) in [4.78, 5) is 6.93. The second-order valence-corrected chi connectivity index (χ2v) is 9.66. The first-order valence-corrected chi connectivity index (χ1v) is 11.0. The summed E-state index contributed by atoms with van der Waals surface area (Å²) in [5.74, 6) is 2.55. The van der Waals surface area contributed by atoms with Crippen LogP contribution in [0.1, 0.15) is 13.8 Å². The van der Waals surface area contributed by atoms with Crippen LogP contribution in [0.2, 0.25) is 0 Å². The van der Waals surface area contributed by atoms with Gasteiger partial charge in [0, 0.05) is 37.7 Å². The molecule has 1 aliphatic heterocycles. The Balaban J connectivity index is 0.00000312. The van der Waals surface area contributed by atoms with Gasteiger partial charge in [-0.1, -0.05) is 32.0 Å². The SMILES string of the molecule is CN=C(NCCS(=O)(=O)c1ccccc1)N1CCSC(C(C)C)C1.I. The molecule has 0 amide bonds. The molecule has 0 saturated carbocycles. The zero-order valence-corrected chi connectivity index (χ0v) is 19.0. The average molecular weight is 497 g/mol. The number of benzene rings is 1. The van der Waals surface area contributed by atoms with E-state index in [2.05, 4.69) is 29.1 Å². The molecule has 0 spiro atoms. The summed E-state index contributed by atoms with van der Waals surface area (Å²) in [5.41, 5.74) is 0. The van der Waals surface area contributed by atoms with Crippen molar-refractivity contribution in [3.63, 3.8) is 0 Å². The number of halogens is 1. The summed E-state index contributed by atoms with van der Waals surface area (Å²) in [7, 11) is -1.51. The van der Waals surface area contributed by atoms with Gasteiger partial charge in [0.1, 0.15) is 0 Å². The van der Waals surface area contributed by atoms with Gasteiger partial charge in [0.2, 0.25) is 0 Å². The molecule has 0 bridgehead atoms. The van der Waals surface area contributed by atoms with Crippen molar-refractivity contribution in [1.29, 1.82) is 0 Å². The highest BCUT2D eigenvalue weighted by Gasteiger charge is 2.25. The lowest BCUT2D eigenvalue weighted by Gasteiger charge is -2.36. The van der Waals surface area contributed by atoms with E-state index in [0.717, 1.165) is 24.8 Å². The van der Waals surface area contributed by atoms with Crippen LogP contribution in [0.5, 0.6) is 0 Å². The number of aliphatic imine (C=N–C) groups is 1. The van der Waals surface area contributed by atoms with Gasteiger partial charge in [0.15, 0.2) is 15.8 Å². The fraction of sp³-hybridized carbons (Fsp3) is 0.588. The maximum Gasteiger partial charge on any atom is 0.193 e. The van der Waals surface area contributed by atoms with Gasteiger partial charge in [-0.25, -0.2) is 8.42 Å². The van der Waals surface area contributed by atoms with Crippen LogP contribution >= 0.6 is 35.7 Å². The molecule has 0 radical (unpaired) electrons. The van der Waals surface area contributed by atoms with E-state index in [1.54, 1.807) is 31.3 Å². The molecular formula is C17H28IN3O2S2. The molecule has 142 valence electrons. The predicted octanol–water partition coefficient (Wildman–Crippen LogP) is 2.73. The fourth-order valence-corrected chi connectivity index (χ4v) is 5.12. The van der Waals surface area contributed by atoms with E-state index >= 15 is 0 Å². The first-order chi connectivity index (χ1) is 11.4. The van der Waals surface area contributed by atoms with Crippen LogP contribution < -0.4 is 5.32 Å². The Morgan fingerprint density at radius 2 is 2.04 bits per heavy atom. The van der Waals surface area contributed by atoms with Gasteiger partial charge in [0.25, 0.3) is 0 Å². The Kier molecular flexibility index (Phi) is 9.58. The Labute approximate surface area is 173 Å². The standard InChI is InChI=1S/C17H27N3O2S2.HI/c1-14(2)16-13-20(10-11-23-16)17(18-3)19-9-12-24(21,22)15-7-5-4-6-8-15;/h4-8,14,16H,9-13H2,1-3H3,(H,18,19);1H. The van der Waals surface area contributed by atoms with Gasteiger partial charge in [-0.2, -0.15) is 11.8 Å². The number of rotatable bonds is 5. The minimum Gasteiger partial charge on any atom is -0.355 e. The Morgan fingerprint density at radius 1 is 1.36 bits per heavy atom. The quantitative estimate of drug-likeness (QED) is 0.385. The van der Waals surface area contributed by atoms with Crippen molar-refractivity contribution in [3.8, 4) is 0 Å². The number of guanidine groups is 1. The number of nitrogens with one attached hydrogen (secondary N) is 1. The zero-order valence-electron chi connectivity index (χ0n) is 15.0. The maximum atomic E-state index is 12.3. The molecule has 0 aromatic heterocycles. The third-order valence-corrected chi connectivity index (χ3v) is 7.38. The molecular weight excluding hydrogens is 469 g/mol. The highest BCUT2D eigenvalue weighted by atomic mass is 127. The molecule has 25 heavy (non-hydrogen) atoms. The monoisotopic (exact) mass is 497 g/mol. The number of hydrogen-bond acceptors (Lipinski definition) is 4. The van der Waals surface area contributed by atoms with Crippen LogP contribution in [0.15, 0.2) is 40.2 Å². The summed E-state index contributed by atoms with van der Waals surface area (Å²) >= 11 is 2.01. The first kappa shape index (κ1) is 22.6. The van der Waals surface area contributed by atoms with Crippen molar-refractivity contribution in [2.45, 2.75) is 24.0 Å². The Bertz CT molecular complexity index is 651. The zero-order chi connectivity index (χ0) is 17.6. The van der Waals surface area contributed by atoms with Crippen LogP contribution in [-0.4, -0.2) is 62.7 Å². The van der Waals surface area contributed by atoms with E-state index in [1.165, 1.54) is 0 Å². The number of sulfone groups is 1. The number of thioether (sulfide) groups is 1. The highest BCUT2D eigenvalue weighted by Crippen LogP contribution is 2.24. The van der Waals surface area contributed by atoms with Crippen molar-refractivity contribution in [1.82, 2.24) is 10.2 Å². The predicted molar refractivity (Wildman–Crippen MR) is 118 cm³/mol. The van der Waals surface area contributed by atoms with Gasteiger partial charge in [-0.3, -0.25) is 4.99 Å². The molecule has 1 aliphatic rings. The molecule has 8 heteroatoms. The van der Waals surface area contributed by atoms with E-state index in [4.69, 9.17) is 0 Å².